The first-order chi connectivity index (χ1) is 10.8. The second-order valence-electron chi connectivity index (χ2n) is 5.87. The molecular weight excluding hydrogens is 354 g/mol. The third-order valence-corrected chi connectivity index (χ3v) is 5.57. The summed E-state index contributed by atoms with van der Waals surface area (Å²) in [5, 5.41) is 3.24. The minimum absolute atomic E-state index is 0. The molecule has 0 bridgehead atoms. The number of halogens is 1. The van der Waals surface area contributed by atoms with Crippen LogP contribution in [-0.4, -0.2) is 61.5 Å². The van der Waals surface area contributed by atoms with Crippen LogP contribution in [-0.2, 0) is 21.9 Å². The number of carbonyl (C=O) groups is 1. The molecule has 1 aromatic rings. The van der Waals surface area contributed by atoms with Gasteiger partial charge in [-0.25, -0.2) is 18.1 Å². The van der Waals surface area contributed by atoms with Gasteiger partial charge in [0.1, 0.15) is 5.82 Å². The molecular formula is C14H26ClN5O3S. The Morgan fingerprint density at radius 3 is 2.62 bits per heavy atom. The predicted octanol–water partition coefficient (Wildman–Crippen LogP) is 0.0291. The molecule has 138 valence electrons. The van der Waals surface area contributed by atoms with E-state index in [2.05, 4.69) is 15.0 Å². The molecule has 0 aliphatic carbocycles. The zero-order valence-corrected chi connectivity index (χ0v) is 15.9. The maximum absolute atomic E-state index is 12.2. The van der Waals surface area contributed by atoms with Crippen molar-refractivity contribution < 1.29 is 13.2 Å². The van der Waals surface area contributed by atoms with Crippen LogP contribution in [0.15, 0.2) is 11.2 Å². The molecule has 1 amide bonds. The van der Waals surface area contributed by atoms with Crippen molar-refractivity contribution in [3.63, 3.8) is 0 Å². The fourth-order valence-corrected chi connectivity index (χ4v) is 3.66. The Morgan fingerprint density at radius 2 is 2.08 bits per heavy atom. The smallest absolute Gasteiger partial charge is 0.259 e. The van der Waals surface area contributed by atoms with Gasteiger partial charge >= 0.3 is 0 Å². The Hall–Kier alpha value is -1.16. The molecule has 1 fully saturated rings. The van der Waals surface area contributed by atoms with Gasteiger partial charge in [-0.05, 0) is 32.9 Å². The van der Waals surface area contributed by atoms with Gasteiger partial charge in [0.25, 0.3) is 10.0 Å². The average molecular weight is 380 g/mol. The topological polar surface area (TPSA) is 96.3 Å². The first-order valence-corrected chi connectivity index (χ1v) is 9.25. The SMILES string of the molecule is Cc1nc(S(=O)(=O)NCCC(=O)N(C)C2CCNCC2)cn1C.Cl. The molecule has 2 N–H and O–H groups in total. The fraction of sp³-hybridized carbons (Fsp3) is 0.714. The van der Waals surface area contributed by atoms with Crippen LogP contribution in [0.3, 0.4) is 0 Å². The number of carbonyl (C=O) groups excluding carboxylic acids is 1. The summed E-state index contributed by atoms with van der Waals surface area (Å²) >= 11 is 0. The standard InChI is InChI=1S/C14H25N5O3S.ClH/c1-11-17-13(10-18(11)2)23(21,22)16-9-6-14(20)19(3)12-4-7-15-8-5-12;/h10,12,15-16H,4-9H2,1-3H3;1H. The van der Waals surface area contributed by atoms with Gasteiger partial charge in [0.2, 0.25) is 5.91 Å². The molecule has 1 aliphatic rings. The number of amides is 1. The lowest BCUT2D eigenvalue weighted by Crippen LogP contribution is -2.44. The molecule has 0 radical (unpaired) electrons. The van der Waals surface area contributed by atoms with Crippen molar-refractivity contribution in [1.82, 2.24) is 24.5 Å². The van der Waals surface area contributed by atoms with Crippen LogP contribution < -0.4 is 10.0 Å². The van der Waals surface area contributed by atoms with Crippen LogP contribution in [0, 0.1) is 6.92 Å². The van der Waals surface area contributed by atoms with Crippen molar-refractivity contribution >= 4 is 28.3 Å². The van der Waals surface area contributed by atoms with Crippen molar-refractivity contribution in [3.8, 4) is 0 Å². The van der Waals surface area contributed by atoms with Gasteiger partial charge in [-0.2, -0.15) is 0 Å². The number of rotatable bonds is 6. The van der Waals surface area contributed by atoms with E-state index in [1.807, 2.05) is 0 Å². The van der Waals surface area contributed by atoms with Crippen LogP contribution in [0.1, 0.15) is 25.1 Å². The molecule has 0 aromatic carbocycles. The number of aryl methyl sites for hydroxylation is 2. The first kappa shape index (κ1) is 20.9. The second-order valence-corrected chi connectivity index (χ2v) is 7.58. The zero-order valence-electron chi connectivity index (χ0n) is 14.3. The van der Waals surface area contributed by atoms with Crippen LogP contribution >= 0.6 is 12.4 Å². The van der Waals surface area contributed by atoms with Crippen molar-refractivity contribution in [1.29, 1.82) is 0 Å². The molecule has 2 rings (SSSR count). The van der Waals surface area contributed by atoms with Gasteiger partial charge in [-0.1, -0.05) is 0 Å². The maximum atomic E-state index is 12.2. The van der Waals surface area contributed by atoms with Gasteiger partial charge in [0.05, 0.1) is 0 Å². The molecule has 0 saturated carbocycles. The first-order valence-electron chi connectivity index (χ1n) is 7.77. The van der Waals surface area contributed by atoms with Gasteiger partial charge in [-0.3, -0.25) is 4.79 Å². The monoisotopic (exact) mass is 379 g/mol. The van der Waals surface area contributed by atoms with Crippen LogP contribution in [0.2, 0.25) is 0 Å². The van der Waals surface area contributed by atoms with Crippen molar-refractivity contribution in [2.75, 3.05) is 26.7 Å². The number of aromatic nitrogens is 2. The Balaban J connectivity index is 0.00000288. The number of sulfonamides is 1. The lowest BCUT2D eigenvalue weighted by Gasteiger charge is -2.31. The highest BCUT2D eigenvalue weighted by Crippen LogP contribution is 2.11. The van der Waals surface area contributed by atoms with Crippen LogP contribution in [0.5, 0.6) is 0 Å². The van der Waals surface area contributed by atoms with E-state index in [0.717, 1.165) is 25.9 Å². The minimum Gasteiger partial charge on any atom is -0.343 e. The third kappa shape index (κ3) is 5.17. The molecule has 1 aromatic heterocycles. The van der Waals surface area contributed by atoms with E-state index in [1.165, 1.54) is 6.20 Å². The Bertz CT molecular complexity index is 636. The summed E-state index contributed by atoms with van der Waals surface area (Å²) in [7, 11) is -0.149. The number of imidazole rings is 1. The molecule has 24 heavy (non-hydrogen) atoms. The van der Waals surface area contributed by atoms with Gasteiger partial charge in [0.15, 0.2) is 5.03 Å². The molecule has 0 atom stereocenters. The average Bonchev–Trinajstić information content (AvgIpc) is 2.87. The molecule has 1 aliphatic heterocycles. The van der Waals surface area contributed by atoms with E-state index in [-0.39, 0.29) is 42.3 Å². The van der Waals surface area contributed by atoms with E-state index in [4.69, 9.17) is 0 Å². The number of hydrogen-bond donors (Lipinski definition) is 2. The van der Waals surface area contributed by atoms with Crippen LogP contribution in [0.4, 0.5) is 0 Å². The van der Waals surface area contributed by atoms with E-state index >= 15 is 0 Å². The maximum Gasteiger partial charge on any atom is 0.259 e. The number of piperidine rings is 1. The van der Waals surface area contributed by atoms with E-state index in [9.17, 15) is 13.2 Å². The van der Waals surface area contributed by atoms with Crippen molar-refractivity contribution in [3.05, 3.63) is 12.0 Å². The summed E-state index contributed by atoms with van der Waals surface area (Å²) in [4.78, 5) is 17.9. The van der Waals surface area contributed by atoms with E-state index < -0.39 is 10.0 Å². The molecule has 0 unspecified atom stereocenters. The normalized spacial score (nSPS) is 15.8. The molecule has 2 heterocycles. The second kappa shape index (κ2) is 8.80. The van der Waals surface area contributed by atoms with E-state index in [0.29, 0.717) is 5.82 Å². The summed E-state index contributed by atoms with van der Waals surface area (Å²) in [6, 6.07) is 0.235. The predicted molar refractivity (Wildman–Crippen MR) is 93.7 cm³/mol. The third-order valence-electron chi connectivity index (χ3n) is 4.24. The largest absolute Gasteiger partial charge is 0.343 e. The lowest BCUT2D eigenvalue weighted by atomic mass is 10.1. The molecule has 10 heteroatoms. The summed E-state index contributed by atoms with van der Waals surface area (Å²) in [5.74, 6) is 0.573. The Morgan fingerprint density at radius 1 is 1.46 bits per heavy atom. The van der Waals surface area contributed by atoms with Crippen LogP contribution in [0.25, 0.3) is 0 Å². The fourth-order valence-electron chi connectivity index (χ4n) is 2.60. The van der Waals surface area contributed by atoms with Gasteiger partial charge in [0, 0.05) is 39.3 Å². The Kier molecular flexibility index (Phi) is 7.65. The highest BCUT2D eigenvalue weighted by Gasteiger charge is 2.23. The number of hydrogen-bond acceptors (Lipinski definition) is 5. The summed E-state index contributed by atoms with van der Waals surface area (Å²) in [6.07, 6.45) is 3.47. The minimum atomic E-state index is -3.67. The molecule has 1 saturated heterocycles. The number of nitrogens with one attached hydrogen (secondary N) is 2. The lowest BCUT2D eigenvalue weighted by molar-refractivity contribution is -0.132. The quantitative estimate of drug-likeness (QED) is 0.726. The zero-order chi connectivity index (χ0) is 17.0. The summed E-state index contributed by atoms with van der Waals surface area (Å²) < 4.78 is 28.3. The number of nitrogens with zero attached hydrogens (tertiary/aromatic N) is 3. The van der Waals surface area contributed by atoms with E-state index in [1.54, 1.807) is 30.5 Å². The van der Waals surface area contributed by atoms with Crippen molar-refractivity contribution in [2.45, 2.75) is 37.3 Å². The molecule has 8 nitrogen and oxygen atoms in total. The summed E-state index contributed by atoms with van der Waals surface area (Å²) in [6.45, 7) is 3.63. The summed E-state index contributed by atoms with van der Waals surface area (Å²) in [5.41, 5.74) is 0. The molecule has 0 spiro atoms. The highest BCUT2D eigenvalue weighted by molar-refractivity contribution is 7.89. The Labute approximate surface area is 149 Å². The van der Waals surface area contributed by atoms with Gasteiger partial charge < -0.3 is 14.8 Å². The van der Waals surface area contributed by atoms with Crippen molar-refractivity contribution in [2.24, 2.45) is 7.05 Å². The highest BCUT2D eigenvalue weighted by atomic mass is 35.5. The van der Waals surface area contributed by atoms with Gasteiger partial charge in [-0.15, -0.1) is 12.4 Å².